The summed E-state index contributed by atoms with van der Waals surface area (Å²) < 4.78 is 1.21. The zero-order chi connectivity index (χ0) is 10.6. The number of hydrogen-bond acceptors (Lipinski definition) is 1. The van der Waals surface area contributed by atoms with Gasteiger partial charge in [0.05, 0.1) is 6.10 Å². The van der Waals surface area contributed by atoms with E-state index in [1.165, 1.54) is 3.57 Å². The van der Waals surface area contributed by atoms with Gasteiger partial charge in [-0.3, -0.25) is 0 Å². The molecule has 0 aliphatic carbocycles. The first-order valence-corrected chi connectivity index (χ1v) is 6.11. The fraction of sp³-hybridized carbons (Fsp3) is 0.500. The van der Waals surface area contributed by atoms with Crippen molar-refractivity contribution >= 4 is 22.6 Å². The van der Waals surface area contributed by atoms with Gasteiger partial charge < -0.3 is 5.11 Å². The predicted molar refractivity (Wildman–Crippen MR) is 68.2 cm³/mol. The molecule has 1 aromatic carbocycles. The first-order valence-electron chi connectivity index (χ1n) is 5.03. The van der Waals surface area contributed by atoms with Gasteiger partial charge in [0, 0.05) is 3.57 Å². The van der Waals surface area contributed by atoms with Crippen LogP contribution in [0.3, 0.4) is 0 Å². The molecule has 2 heteroatoms. The molecule has 0 saturated carbocycles. The second-order valence-corrected chi connectivity index (χ2v) is 5.28. The standard InChI is InChI=1S/C12H17IO/c1-9(2)3-8-12(14)10-4-6-11(13)7-5-10/h4-7,9,12,14H,3,8H2,1-2H3. The lowest BCUT2D eigenvalue weighted by atomic mass is 10.0. The average Bonchev–Trinajstić information content (AvgIpc) is 2.15. The van der Waals surface area contributed by atoms with E-state index >= 15 is 0 Å². The lowest BCUT2D eigenvalue weighted by Gasteiger charge is -2.12. The number of halogens is 1. The minimum absolute atomic E-state index is 0.297. The van der Waals surface area contributed by atoms with Crippen LogP contribution in [0.25, 0.3) is 0 Å². The molecule has 1 atom stereocenters. The van der Waals surface area contributed by atoms with Crippen LogP contribution in [0.15, 0.2) is 24.3 Å². The highest BCUT2D eigenvalue weighted by Crippen LogP contribution is 2.21. The van der Waals surface area contributed by atoms with Crippen molar-refractivity contribution in [2.45, 2.75) is 32.8 Å². The molecule has 0 amide bonds. The van der Waals surface area contributed by atoms with Crippen LogP contribution in [0.5, 0.6) is 0 Å². The Balaban J connectivity index is 2.52. The summed E-state index contributed by atoms with van der Waals surface area (Å²) in [5.41, 5.74) is 1.03. The summed E-state index contributed by atoms with van der Waals surface area (Å²) in [6, 6.07) is 8.09. The fourth-order valence-electron chi connectivity index (χ4n) is 1.34. The Bertz CT molecular complexity index is 266. The fourth-order valence-corrected chi connectivity index (χ4v) is 1.70. The Kier molecular flexibility index (Phi) is 4.89. The molecule has 1 unspecified atom stereocenters. The van der Waals surface area contributed by atoms with Crippen molar-refractivity contribution in [2.24, 2.45) is 5.92 Å². The van der Waals surface area contributed by atoms with Crippen LogP contribution in [0.1, 0.15) is 38.4 Å². The van der Waals surface area contributed by atoms with Crippen LogP contribution in [-0.4, -0.2) is 5.11 Å². The molecule has 0 aliphatic rings. The largest absolute Gasteiger partial charge is 0.388 e. The second-order valence-electron chi connectivity index (χ2n) is 4.04. The summed E-state index contributed by atoms with van der Waals surface area (Å²) in [6.45, 7) is 4.36. The van der Waals surface area contributed by atoms with Crippen LogP contribution < -0.4 is 0 Å². The third-order valence-corrected chi connectivity index (χ3v) is 2.99. The highest BCUT2D eigenvalue weighted by Gasteiger charge is 2.07. The smallest absolute Gasteiger partial charge is 0.0790 e. The maximum Gasteiger partial charge on any atom is 0.0790 e. The Hall–Kier alpha value is -0.0900. The van der Waals surface area contributed by atoms with E-state index in [1.54, 1.807) is 0 Å². The highest BCUT2D eigenvalue weighted by atomic mass is 127. The lowest BCUT2D eigenvalue weighted by molar-refractivity contribution is 0.159. The van der Waals surface area contributed by atoms with Gasteiger partial charge in [-0.15, -0.1) is 0 Å². The van der Waals surface area contributed by atoms with E-state index in [1.807, 2.05) is 24.3 Å². The second kappa shape index (κ2) is 5.71. The molecule has 1 rings (SSSR count). The molecule has 0 aliphatic heterocycles. The minimum atomic E-state index is -0.297. The molecule has 0 heterocycles. The molecule has 14 heavy (non-hydrogen) atoms. The van der Waals surface area contributed by atoms with E-state index < -0.39 is 0 Å². The van der Waals surface area contributed by atoms with Crippen molar-refractivity contribution < 1.29 is 5.11 Å². The van der Waals surface area contributed by atoms with Crippen molar-refractivity contribution in [1.29, 1.82) is 0 Å². The van der Waals surface area contributed by atoms with E-state index in [0.29, 0.717) is 5.92 Å². The van der Waals surface area contributed by atoms with Gasteiger partial charge in [0.25, 0.3) is 0 Å². The zero-order valence-corrected chi connectivity index (χ0v) is 10.9. The molecule has 0 saturated heterocycles. The van der Waals surface area contributed by atoms with Crippen molar-refractivity contribution in [1.82, 2.24) is 0 Å². The first kappa shape index (κ1) is 12.0. The molecule has 78 valence electrons. The van der Waals surface area contributed by atoms with Gasteiger partial charge in [-0.25, -0.2) is 0 Å². The predicted octanol–water partition coefficient (Wildman–Crippen LogP) is 3.76. The van der Waals surface area contributed by atoms with Crippen molar-refractivity contribution in [3.05, 3.63) is 33.4 Å². The number of hydrogen-bond donors (Lipinski definition) is 1. The SMILES string of the molecule is CC(C)CCC(O)c1ccc(I)cc1. The molecule has 0 spiro atoms. The summed E-state index contributed by atoms with van der Waals surface area (Å²) >= 11 is 2.27. The maximum absolute atomic E-state index is 9.86. The lowest BCUT2D eigenvalue weighted by Crippen LogP contribution is -1.99. The summed E-state index contributed by atoms with van der Waals surface area (Å²) in [6.07, 6.45) is 1.64. The monoisotopic (exact) mass is 304 g/mol. The minimum Gasteiger partial charge on any atom is -0.388 e. The summed E-state index contributed by atoms with van der Waals surface area (Å²) in [4.78, 5) is 0. The van der Waals surface area contributed by atoms with Crippen LogP contribution >= 0.6 is 22.6 Å². The van der Waals surface area contributed by atoms with Gasteiger partial charge in [-0.1, -0.05) is 26.0 Å². The third kappa shape index (κ3) is 3.96. The van der Waals surface area contributed by atoms with Gasteiger partial charge in [0.15, 0.2) is 0 Å². The van der Waals surface area contributed by atoms with E-state index in [2.05, 4.69) is 36.4 Å². The topological polar surface area (TPSA) is 20.2 Å². The number of rotatable bonds is 4. The molecule has 0 fully saturated rings. The van der Waals surface area contributed by atoms with Gasteiger partial charge in [-0.2, -0.15) is 0 Å². The van der Waals surface area contributed by atoms with Crippen LogP contribution in [0, 0.1) is 9.49 Å². The van der Waals surface area contributed by atoms with Gasteiger partial charge in [0.1, 0.15) is 0 Å². The number of aliphatic hydroxyl groups is 1. The van der Waals surface area contributed by atoms with Gasteiger partial charge in [-0.05, 0) is 59.0 Å². The van der Waals surface area contributed by atoms with E-state index in [9.17, 15) is 5.11 Å². The molecule has 1 aromatic rings. The van der Waals surface area contributed by atoms with Gasteiger partial charge >= 0.3 is 0 Å². The summed E-state index contributed by atoms with van der Waals surface area (Å²) in [5, 5.41) is 9.86. The summed E-state index contributed by atoms with van der Waals surface area (Å²) in [7, 11) is 0. The quantitative estimate of drug-likeness (QED) is 0.840. The Morgan fingerprint density at radius 2 is 1.71 bits per heavy atom. The van der Waals surface area contributed by atoms with Crippen LogP contribution in [-0.2, 0) is 0 Å². The molecule has 1 nitrogen and oxygen atoms in total. The highest BCUT2D eigenvalue weighted by molar-refractivity contribution is 14.1. The average molecular weight is 304 g/mol. The Labute approximate surface area is 99.7 Å². The van der Waals surface area contributed by atoms with Crippen molar-refractivity contribution in [3.63, 3.8) is 0 Å². The molecule has 0 bridgehead atoms. The molecular formula is C12H17IO. The number of benzene rings is 1. The van der Waals surface area contributed by atoms with E-state index in [0.717, 1.165) is 18.4 Å². The maximum atomic E-state index is 9.86. The zero-order valence-electron chi connectivity index (χ0n) is 8.70. The first-order chi connectivity index (χ1) is 6.59. The Morgan fingerprint density at radius 1 is 1.14 bits per heavy atom. The van der Waals surface area contributed by atoms with Crippen LogP contribution in [0.2, 0.25) is 0 Å². The van der Waals surface area contributed by atoms with E-state index in [-0.39, 0.29) is 6.10 Å². The number of aliphatic hydroxyl groups excluding tert-OH is 1. The van der Waals surface area contributed by atoms with Gasteiger partial charge in [0.2, 0.25) is 0 Å². The Morgan fingerprint density at radius 3 is 2.21 bits per heavy atom. The summed E-state index contributed by atoms with van der Waals surface area (Å²) in [5.74, 6) is 0.661. The van der Waals surface area contributed by atoms with E-state index in [4.69, 9.17) is 0 Å². The molecule has 0 radical (unpaired) electrons. The van der Waals surface area contributed by atoms with Crippen molar-refractivity contribution in [3.8, 4) is 0 Å². The molecule has 1 N–H and O–H groups in total. The van der Waals surface area contributed by atoms with Crippen LogP contribution in [0.4, 0.5) is 0 Å². The molecular weight excluding hydrogens is 287 g/mol. The normalized spacial score (nSPS) is 13.2. The molecule has 0 aromatic heterocycles. The van der Waals surface area contributed by atoms with Crippen molar-refractivity contribution in [2.75, 3.05) is 0 Å². The third-order valence-electron chi connectivity index (χ3n) is 2.27.